The van der Waals surface area contributed by atoms with Gasteiger partial charge in [0, 0.05) is 17.7 Å². The topological polar surface area (TPSA) is 134 Å². The first-order valence-electron chi connectivity index (χ1n) is 11.6. The quantitative estimate of drug-likeness (QED) is 0.459. The standard InChI is InChI=1S/C24H33N3O6Si/c1-23(2,34(3,4)32)14-16-21(33-19-17(28)10-12-24(16,19)31)27-13-11-18(26-22(27)30)25-20(29)15-8-6-5-7-9-15/h5-9,11,13,16-17,19,21,28,31-32H,10,12,14H2,1-4H3,(H,25,26,29,30)/t16-,17+,19?,21+,24-/m0/s1. The number of benzene rings is 1. The molecule has 4 rings (SSSR count). The number of nitrogens with one attached hydrogen (secondary N) is 1. The Morgan fingerprint density at radius 1 is 1.29 bits per heavy atom. The molecule has 1 aliphatic carbocycles. The summed E-state index contributed by atoms with van der Waals surface area (Å²) >= 11 is 0. The van der Waals surface area contributed by atoms with Gasteiger partial charge in [0.1, 0.15) is 23.8 Å². The van der Waals surface area contributed by atoms with E-state index in [1.165, 1.54) is 16.8 Å². The van der Waals surface area contributed by atoms with Gasteiger partial charge in [-0.25, -0.2) is 4.79 Å². The van der Waals surface area contributed by atoms with Crippen LogP contribution in [-0.4, -0.2) is 56.6 Å². The largest absolute Gasteiger partial charge is 0.432 e. The summed E-state index contributed by atoms with van der Waals surface area (Å²) in [7, 11) is -2.63. The Morgan fingerprint density at radius 2 is 1.97 bits per heavy atom. The average Bonchev–Trinajstić information content (AvgIpc) is 3.20. The Kier molecular flexibility index (Phi) is 6.32. The number of aromatic nitrogens is 2. The molecule has 0 bridgehead atoms. The van der Waals surface area contributed by atoms with E-state index in [0.717, 1.165) is 0 Å². The lowest BCUT2D eigenvalue weighted by Gasteiger charge is -2.41. The lowest BCUT2D eigenvalue weighted by atomic mass is 9.79. The van der Waals surface area contributed by atoms with E-state index in [0.29, 0.717) is 24.8 Å². The number of aliphatic hydroxyl groups excluding tert-OH is 1. The fourth-order valence-electron chi connectivity index (χ4n) is 4.89. The van der Waals surface area contributed by atoms with Crippen molar-refractivity contribution in [3.8, 4) is 0 Å². The number of amides is 1. The molecule has 1 unspecified atom stereocenters. The molecule has 1 amide bonds. The molecule has 4 N–H and O–H groups in total. The van der Waals surface area contributed by atoms with Crippen molar-refractivity contribution >= 4 is 20.0 Å². The number of ether oxygens (including phenoxy) is 1. The van der Waals surface area contributed by atoms with Crippen LogP contribution in [0.5, 0.6) is 0 Å². The summed E-state index contributed by atoms with van der Waals surface area (Å²) in [5.74, 6) is -0.815. The Morgan fingerprint density at radius 3 is 2.59 bits per heavy atom. The second kappa shape index (κ2) is 8.69. The lowest BCUT2D eigenvalue weighted by molar-refractivity contribution is -0.0855. The van der Waals surface area contributed by atoms with Gasteiger partial charge in [0.15, 0.2) is 8.32 Å². The number of anilines is 1. The Bertz CT molecular complexity index is 1120. The fraction of sp³-hybridized carbons (Fsp3) is 0.542. The number of fused-ring (bicyclic) bond motifs is 1. The van der Waals surface area contributed by atoms with Crippen LogP contribution in [0.3, 0.4) is 0 Å². The number of rotatable bonds is 6. The molecule has 1 saturated heterocycles. The summed E-state index contributed by atoms with van der Waals surface area (Å²) in [6, 6.07) is 10.1. The molecule has 1 saturated carbocycles. The molecule has 2 heterocycles. The number of hydrogen-bond acceptors (Lipinski definition) is 7. The highest BCUT2D eigenvalue weighted by atomic mass is 28.4. The van der Waals surface area contributed by atoms with Gasteiger partial charge in [-0.15, -0.1) is 0 Å². The van der Waals surface area contributed by atoms with Gasteiger partial charge in [-0.05, 0) is 55.6 Å². The minimum absolute atomic E-state index is 0.104. The summed E-state index contributed by atoms with van der Waals surface area (Å²) in [6.07, 6.45) is 0.114. The number of hydrogen-bond donors (Lipinski definition) is 4. The third-order valence-corrected chi connectivity index (χ3v) is 11.2. The van der Waals surface area contributed by atoms with Crippen molar-refractivity contribution < 1.29 is 24.5 Å². The molecule has 9 nitrogen and oxygen atoms in total. The predicted molar refractivity (Wildman–Crippen MR) is 129 cm³/mol. The van der Waals surface area contributed by atoms with Crippen molar-refractivity contribution in [2.45, 2.75) is 75.3 Å². The molecule has 10 heteroatoms. The van der Waals surface area contributed by atoms with Crippen molar-refractivity contribution in [1.82, 2.24) is 9.55 Å². The first-order valence-corrected chi connectivity index (χ1v) is 14.5. The molecule has 34 heavy (non-hydrogen) atoms. The minimum atomic E-state index is -2.63. The predicted octanol–water partition coefficient (Wildman–Crippen LogP) is 2.26. The van der Waals surface area contributed by atoms with Crippen LogP contribution in [0.1, 0.15) is 49.7 Å². The van der Waals surface area contributed by atoms with Gasteiger partial charge < -0.3 is 25.1 Å². The van der Waals surface area contributed by atoms with Gasteiger partial charge in [-0.3, -0.25) is 9.36 Å². The van der Waals surface area contributed by atoms with E-state index in [2.05, 4.69) is 10.3 Å². The maximum absolute atomic E-state index is 13.0. The molecule has 2 aromatic rings. The van der Waals surface area contributed by atoms with Crippen LogP contribution in [0.15, 0.2) is 47.4 Å². The molecule has 0 spiro atoms. The molecule has 0 radical (unpaired) electrons. The first-order chi connectivity index (χ1) is 15.8. The molecular formula is C24H33N3O6Si. The van der Waals surface area contributed by atoms with Crippen LogP contribution in [-0.2, 0) is 4.74 Å². The Balaban J connectivity index is 1.64. The Labute approximate surface area is 199 Å². The van der Waals surface area contributed by atoms with Crippen LogP contribution in [0.2, 0.25) is 18.1 Å². The molecule has 5 atom stereocenters. The molecular weight excluding hydrogens is 454 g/mol. The maximum atomic E-state index is 13.0. The third kappa shape index (κ3) is 4.36. The monoisotopic (exact) mass is 487 g/mol. The van der Waals surface area contributed by atoms with E-state index in [-0.39, 0.29) is 11.7 Å². The normalized spacial score (nSPS) is 29.1. The van der Waals surface area contributed by atoms with Crippen LogP contribution in [0, 0.1) is 5.92 Å². The lowest BCUT2D eigenvalue weighted by Crippen LogP contribution is -2.47. The van der Waals surface area contributed by atoms with Crippen molar-refractivity contribution in [3.63, 3.8) is 0 Å². The number of carbonyl (C=O) groups is 1. The maximum Gasteiger partial charge on any atom is 0.351 e. The molecule has 2 aliphatic rings. The zero-order valence-electron chi connectivity index (χ0n) is 19.9. The number of aliphatic hydroxyl groups is 2. The van der Waals surface area contributed by atoms with Crippen LogP contribution in [0.25, 0.3) is 0 Å². The van der Waals surface area contributed by atoms with Crippen molar-refractivity contribution in [1.29, 1.82) is 0 Å². The summed E-state index contributed by atoms with van der Waals surface area (Å²) in [4.78, 5) is 40.3. The van der Waals surface area contributed by atoms with E-state index < -0.39 is 49.0 Å². The van der Waals surface area contributed by atoms with E-state index in [1.54, 1.807) is 30.3 Å². The minimum Gasteiger partial charge on any atom is -0.432 e. The van der Waals surface area contributed by atoms with Gasteiger partial charge in [0.25, 0.3) is 5.91 Å². The third-order valence-electron chi connectivity index (χ3n) is 7.72. The summed E-state index contributed by atoms with van der Waals surface area (Å²) in [5.41, 5.74) is -1.52. The van der Waals surface area contributed by atoms with Crippen LogP contribution in [0.4, 0.5) is 5.82 Å². The second-order valence-electron chi connectivity index (χ2n) is 10.6. The number of nitrogens with zero attached hydrogens (tertiary/aromatic N) is 2. The van der Waals surface area contributed by atoms with Gasteiger partial charge in [-0.2, -0.15) is 4.98 Å². The van der Waals surface area contributed by atoms with Crippen LogP contribution >= 0.6 is 0 Å². The zero-order valence-corrected chi connectivity index (χ0v) is 20.9. The molecule has 184 valence electrons. The summed E-state index contributed by atoms with van der Waals surface area (Å²) in [5, 5.41) is 24.1. The van der Waals surface area contributed by atoms with Gasteiger partial charge in [0.05, 0.1) is 6.10 Å². The van der Waals surface area contributed by atoms with Crippen molar-refractivity contribution in [3.05, 3.63) is 58.6 Å². The highest BCUT2D eigenvalue weighted by molar-refractivity contribution is 6.72. The Hall–Kier alpha value is -2.37. The summed E-state index contributed by atoms with van der Waals surface area (Å²) < 4.78 is 7.40. The first kappa shape index (κ1) is 24.7. The molecule has 1 aliphatic heterocycles. The molecule has 1 aromatic heterocycles. The van der Waals surface area contributed by atoms with Gasteiger partial charge in [0.2, 0.25) is 0 Å². The SMILES string of the molecule is CC(C)(C[C@H]1[C@H](n2ccc(NC(=O)c3ccccc3)nc2=O)OC2[C@H](O)CC[C@@]21O)[Si](C)(C)O. The van der Waals surface area contributed by atoms with Crippen LogP contribution < -0.4 is 11.0 Å². The van der Waals surface area contributed by atoms with Crippen molar-refractivity contribution in [2.24, 2.45) is 5.92 Å². The van der Waals surface area contributed by atoms with Crippen molar-refractivity contribution in [2.75, 3.05) is 5.32 Å². The van der Waals surface area contributed by atoms with Gasteiger partial charge >= 0.3 is 5.69 Å². The van der Waals surface area contributed by atoms with E-state index >= 15 is 0 Å². The van der Waals surface area contributed by atoms with E-state index in [1.807, 2.05) is 26.9 Å². The summed E-state index contributed by atoms with van der Waals surface area (Å²) in [6.45, 7) is 7.62. The second-order valence-corrected chi connectivity index (χ2v) is 15.1. The highest BCUT2D eigenvalue weighted by Crippen LogP contribution is 2.56. The average molecular weight is 488 g/mol. The zero-order chi connectivity index (χ0) is 24.9. The highest BCUT2D eigenvalue weighted by Gasteiger charge is 2.63. The smallest absolute Gasteiger partial charge is 0.351 e. The molecule has 1 aromatic carbocycles. The molecule has 2 fully saturated rings. The van der Waals surface area contributed by atoms with E-state index in [9.17, 15) is 24.6 Å². The van der Waals surface area contributed by atoms with Gasteiger partial charge in [-0.1, -0.05) is 32.0 Å². The number of carbonyl (C=O) groups excluding carboxylic acids is 1. The van der Waals surface area contributed by atoms with E-state index in [4.69, 9.17) is 4.74 Å². The fourth-order valence-corrected chi connectivity index (χ4v) is 5.61.